The van der Waals surface area contributed by atoms with Crippen LogP contribution < -0.4 is 5.73 Å². The SMILES string of the molecule is C=CC(c1cccc(-c2ccccc2)c1C)S(=O)(=O)c1cc(C(=O)OC)sc1N. The van der Waals surface area contributed by atoms with Gasteiger partial charge in [-0.1, -0.05) is 54.6 Å². The third-order valence-corrected chi connectivity index (χ3v) is 7.87. The molecule has 1 unspecified atom stereocenters. The fraction of sp³-hybridized carbons (Fsp3) is 0.136. The number of esters is 1. The van der Waals surface area contributed by atoms with Gasteiger partial charge in [0.2, 0.25) is 0 Å². The summed E-state index contributed by atoms with van der Waals surface area (Å²) in [6.45, 7) is 5.64. The van der Waals surface area contributed by atoms with Crippen LogP contribution >= 0.6 is 11.3 Å². The van der Waals surface area contributed by atoms with Crippen molar-refractivity contribution in [1.82, 2.24) is 0 Å². The molecule has 0 radical (unpaired) electrons. The second-order valence-corrected chi connectivity index (χ2v) is 9.54. The number of benzene rings is 2. The highest BCUT2D eigenvalue weighted by Crippen LogP contribution is 2.40. The van der Waals surface area contributed by atoms with Gasteiger partial charge in [-0.15, -0.1) is 17.9 Å². The van der Waals surface area contributed by atoms with E-state index in [0.717, 1.165) is 28.0 Å². The lowest BCUT2D eigenvalue weighted by atomic mass is 9.95. The maximum Gasteiger partial charge on any atom is 0.348 e. The van der Waals surface area contributed by atoms with Crippen LogP contribution in [0, 0.1) is 6.92 Å². The van der Waals surface area contributed by atoms with Crippen LogP contribution in [0.2, 0.25) is 0 Å². The molecular formula is C22H21NO4S2. The van der Waals surface area contributed by atoms with E-state index in [1.807, 2.05) is 49.4 Å². The predicted octanol–water partition coefficient (Wildman–Crippen LogP) is 4.79. The van der Waals surface area contributed by atoms with Crippen molar-refractivity contribution in [3.8, 4) is 11.1 Å². The summed E-state index contributed by atoms with van der Waals surface area (Å²) in [6, 6.07) is 16.6. The second kappa shape index (κ2) is 8.23. The van der Waals surface area contributed by atoms with Crippen LogP contribution in [0.25, 0.3) is 11.1 Å². The Hall–Kier alpha value is -2.90. The zero-order valence-corrected chi connectivity index (χ0v) is 17.7. The third kappa shape index (κ3) is 3.83. The molecule has 1 aromatic heterocycles. The summed E-state index contributed by atoms with van der Waals surface area (Å²) in [4.78, 5) is 11.8. The Morgan fingerprint density at radius 1 is 1.17 bits per heavy atom. The van der Waals surface area contributed by atoms with Crippen LogP contribution in [0.3, 0.4) is 0 Å². The first-order chi connectivity index (χ1) is 13.8. The van der Waals surface area contributed by atoms with E-state index in [4.69, 9.17) is 5.73 Å². The largest absolute Gasteiger partial charge is 0.465 e. The fourth-order valence-corrected chi connectivity index (χ4v) is 6.23. The summed E-state index contributed by atoms with van der Waals surface area (Å²) in [6.07, 6.45) is 1.39. The van der Waals surface area contributed by atoms with E-state index < -0.39 is 21.1 Å². The number of sulfone groups is 1. The predicted molar refractivity (Wildman–Crippen MR) is 117 cm³/mol. The highest BCUT2D eigenvalue weighted by atomic mass is 32.2. The smallest absolute Gasteiger partial charge is 0.348 e. The van der Waals surface area contributed by atoms with Crippen molar-refractivity contribution in [1.29, 1.82) is 0 Å². The van der Waals surface area contributed by atoms with Gasteiger partial charge in [-0.05, 0) is 35.2 Å². The molecule has 0 aliphatic heterocycles. The molecule has 3 rings (SSSR count). The van der Waals surface area contributed by atoms with Crippen molar-refractivity contribution in [2.45, 2.75) is 17.1 Å². The van der Waals surface area contributed by atoms with Crippen molar-refractivity contribution in [3.05, 3.63) is 83.3 Å². The van der Waals surface area contributed by atoms with E-state index in [1.54, 1.807) is 6.07 Å². The van der Waals surface area contributed by atoms with Gasteiger partial charge >= 0.3 is 5.97 Å². The van der Waals surface area contributed by atoms with Crippen LogP contribution in [-0.2, 0) is 14.6 Å². The average molecular weight is 428 g/mol. The number of methoxy groups -OCH3 is 1. The molecule has 0 fully saturated rings. The zero-order chi connectivity index (χ0) is 21.2. The Bertz CT molecular complexity index is 1160. The monoisotopic (exact) mass is 427 g/mol. The molecule has 0 saturated carbocycles. The molecule has 0 aliphatic carbocycles. The fourth-order valence-electron chi connectivity index (χ4n) is 3.26. The molecule has 0 bridgehead atoms. The van der Waals surface area contributed by atoms with Crippen molar-refractivity contribution in [2.24, 2.45) is 0 Å². The van der Waals surface area contributed by atoms with Crippen LogP contribution in [0.5, 0.6) is 0 Å². The van der Waals surface area contributed by atoms with Gasteiger partial charge in [0.05, 0.1) is 7.11 Å². The number of carbonyl (C=O) groups excluding carboxylic acids is 1. The van der Waals surface area contributed by atoms with Gasteiger partial charge in [-0.2, -0.15) is 0 Å². The highest BCUT2D eigenvalue weighted by Gasteiger charge is 2.32. The molecular weight excluding hydrogens is 406 g/mol. The van der Waals surface area contributed by atoms with Gasteiger partial charge < -0.3 is 10.5 Å². The van der Waals surface area contributed by atoms with Crippen molar-refractivity contribution < 1.29 is 17.9 Å². The Morgan fingerprint density at radius 2 is 1.86 bits per heavy atom. The number of hydrogen-bond donors (Lipinski definition) is 1. The van der Waals surface area contributed by atoms with E-state index in [1.165, 1.54) is 19.3 Å². The maximum atomic E-state index is 13.4. The van der Waals surface area contributed by atoms with E-state index in [0.29, 0.717) is 5.56 Å². The van der Waals surface area contributed by atoms with Crippen molar-refractivity contribution in [3.63, 3.8) is 0 Å². The molecule has 150 valence electrons. The Morgan fingerprint density at radius 3 is 2.48 bits per heavy atom. The van der Waals surface area contributed by atoms with Crippen LogP contribution in [0.4, 0.5) is 5.00 Å². The molecule has 1 heterocycles. The number of carbonyl (C=O) groups is 1. The first-order valence-electron chi connectivity index (χ1n) is 8.80. The first kappa shape index (κ1) is 20.8. The summed E-state index contributed by atoms with van der Waals surface area (Å²) in [5, 5.41) is -0.956. The Balaban J connectivity index is 2.12. The first-order valence-corrected chi connectivity index (χ1v) is 11.2. The molecule has 7 heteroatoms. The van der Waals surface area contributed by atoms with Gasteiger partial charge in [-0.3, -0.25) is 0 Å². The van der Waals surface area contributed by atoms with Crippen LogP contribution in [0.1, 0.15) is 26.0 Å². The number of nitrogen functional groups attached to an aromatic ring is 1. The average Bonchev–Trinajstić information content (AvgIpc) is 3.12. The minimum Gasteiger partial charge on any atom is -0.465 e. The van der Waals surface area contributed by atoms with Gasteiger partial charge in [-0.25, -0.2) is 13.2 Å². The van der Waals surface area contributed by atoms with E-state index in [2.05, 4.69) is 11.3 Å². The van der Waals surface area contributed by atoms with Crippen molar-refractivity contribution in [2.75, 3.05) is 12.8 Å². The quantitative estimate of drug-likeness (QED) is 0.451. The van der Waals surface area contributed by atoms with E-state index in [-0.39, 0.29) is 14.8 Å². The number of nitrogens with two attached hydrogens (primary N) is 1. The van der Waals surface area contributed by atoms with E-state index in [9.17, 15) is 13.2 Å². The summed E-state index contributed by atoms with van der Waals surface area (Å²) >= 11 is 0.891. The topological polar surface area (TPSA) is 86.5 Å². The van der Waals surface area contributed by atoms with Crippen LogP contribution in [0.15, 0.2) is 72.1 Å². The number of ether oxygens (including phenoxy) is 1. The summed E-state index contributed by atoms with van der Waals surface area (Å²) < 4.78 is 31.5. The highest BCUT2D eigenvalue weighted by molar-refractivity contribution is 7.92. The molecule has 0 saturated heterocycles. The molecule has 0 amide bonds. The molecule has 2 aromatic carbocycles. The molecule has 29 heavy (non-hydrogen) atoms. The molecule has 0 spiro atoms. The zero-order valence-electron chi connectivity index (χ0n) is 16.1. The Labute approximate surface area is 174 Å². The number of thiophene rings is 1. The molecule has 0 aliphatic rings. The standard InChI is InChI=1S/C22H21NO4S2/c1-4-19(29(25,26)20-13-18(22(24)27-3)28-21(20)23)17-12-8-11-16(14(17)2)15-9-6-5-7-10-15/h4-13,19H,1,23H2,2-3H3. The van der Waals surface area contributed by atoms with Crippen LogP contribution in [-0.4, -0.2) is 21.5 Å². The van der Waals surface area contributed by atoms with Gasteiger partial charge in [0.15, 0.2) is 9.84 Å². The maximum absolute atomic E-state index is 13.4. The normalized spacial score (nSPS) is 12.3. The minimum absolute atomic E-state index is 0.0501. The third-order valence-electron chi connectivity index (χ3n) is 4.73. The van der Waals surface area contributed by atoms with Crippen molar-refractivity contribution >= 4 is 32.1 Å². The van der Waals surface area contributed by atoms with E-state index >= 15 is 0 Å². The molecule has 3 aromatic rings. The van der Waals surface area contributed by atoms with Gasteiger partial charge in [0, 0.05) is 0 Å². The number of anilines is 1. The summed E-state index contributed by atoms with van der Waals surface area (Å²) in [5.74, 6) is -0.624. The lowest BCUT2D eigenvalue weighted by molar-refractivity contribution is 0.0606. The molecule has 5 nitrogen and oxygen atoms in total. The summed E-state index contributed by atoms with van der Waals surface area (Å²) in [7, 11) is -2.68. The number of rotatable bonds is 6. The number of hydrogen-bond acceptors (Lipinski definition) is 6. The van der Waals surface area contributed by atoms with Gasteiger partial charge in [0.25, 0.3) is 0 Å². The summed E-state index contributed by atoms with van der Waals surface area (Å²) in [5.41, 5.74) is 9.34. The lowest BCUT2D eigenvalue weighted by Crippen LogP contribution is -2.14. The lowest BCUT2D eigenvalue weighted by Gasteiger charge is -2.19. The molecule has 1 atom stereocenters. The second-order valence-electron chi connectivity index (χ2n) is 6.42. The Kier molecular flexibility index (Phi) is 5.91. The molecule has 2 N–H and O–H groups in total. The minimum atomic E-state index is -3.92. The van der Waals surface area contributed by atoms with Gasteiger partial charge in [0.1, 0.15) is 20.0 Å².